The van der Waals surface area contributed by atoms with E-state index in [9.17, 15) is 0 Å². The summed E-state index contributed by atoms with van der Waals surface area (Å²) in [7, 11) is 0. The summed E-state index contributed by atoms with van der Waals surface area (Å²) < 4.78 is 2.02. The van der Waals surface area contributed by atoms with E-state index in [0.717, 1.165) is 23.4 Å². The van der Waals surface area contributed by atoms with E-state index in [2.05, 4.69) is 4.98 Å². The molecule has 0 aliphatic heterocycles. The van der Waals surface area contributed by atoms with Crippen LogP contribution in [-0.4, -0.2) is 9.55 Å². The fourth-order valence-corrected chi connectivity index (χ4v) is 5.04. The molecule has 3 aromatic rings. The summed E-state index contributed by atoms with van der Waals surface area (Å²) in [6, 6.07) is 8.97. The summed E-state index contributed by atoms with van der Waals surface area (Å²) in [6.45, 7) is 0.787. The average molecular weight is 467 g/mol. The van der Waals surface area contributed by atoms with Gasteiger partial charge in [0.1, 0.15) is 0 Å². The molecule has 0 aliphatic rings. The maximum absolute atomic E-state index is 6.45. The minimum Gasteiger partial charge on any atom is -0.337 e. The van der Waals surface area contributed by atoms with Crippen LogP contribution in [0, 0.1) is 0 Å². The van der Waals surface area contributed by atoms with E-state index in [1.807, 2.05) is 22.9 Å². The lowest BCUT2D eigenvalue weighted by molar-refractivity contribution is 0.634. The molecule has 1 atom stereocenters. The second-order valence-electron chi connectivity index (χ2n) is 5.56. The standard InChI is InChI=1S/C18H13Cl5N2S/c19-11-1-2-12(13(20)7-11)17(3-5-25-6-4-24-10-25)26-18-9-15(22)14(21)8-16(18)23/h1-2,4,6-10,17H,3,5H2. The lowest BCUT2D eigenvalue weighted by Gasteiger charge is -2.20. The van der Waals surface area contributed by atoms with Crippen LogP contribution in [0.2, 0.25) is 25.1 Å². The number of nitrogens with zero attached hydrogens (tertiary/aromatic N) is 2. The highest BCUT2D eigenvalue weighted by Gasteiger charge is 2.19. The molecule has 2 aromatic carbocycles. The number of thioether (sulfide) groups is 1. The van der Waals surface area contributed by atoms with Crippen molar-refractivity contribution in [2.45, 2.75) is 23.1 Å². The molecular weight excluding hydrogens is 454 g/mol. The van der Waals surface area contributed by atoms with Crippen molar-refractivity contribution in [2.75, 3.05) is 0 Å². The van der Waals surface area contributed by atoms with Gasteiger partial charge in [0.05, 0.1) is 21.4 Å². The van der Waals surface area contributed by atoms with Crippen molar-refractivity contribution in [3.05, 3.63) is 79.7 Å². The predicted molar refractivity (Wildman–Crippen MR) is 113 cm³/mol. The minimum absolute atomic E-state index is 0.0527. The first kappa shape index (κ1) is 20.2. The predicted octanol–water partition coefficient (Wildman–Crippen LogP) is 8.07. The molecule has 1 aromatic heterocycles. The average Bonchev–Trinajstić information content (AvgIpc) is 3.10. The largest absolute Gasteiger partial charge is 0.337 e. The summed E-state index contributed by atoms with van der Waals surface area (Å²) in [5.41, 5.74) is 0.989. The smallest absolute Gasteiger partial charge is 0.0945 e. The van der Waals surface area contributed by atoms with Crippen LogP contribution in [0.25, 0.3) is 0 Å². The van der Waals surface area contributed by atoms with Gasteiger partial charge >= 0.3 is 0 Å². The lowest BCUT2D eigenvalue weighted by Crippen LogP contribution is -2.02. The van der Waals surface area contributed by atoms with Gasteiger partial charge in [-0.25, -0.2) is 4.98 Å². The number of aromatic nitrogens is 2. The topological polar surface area (TPSA) is 17.8 Å². The fourth-order valence-electron chi connectivity index (χ4n) is 2.47. The van der Waals surface area contributed by atoms with Crippen molar-refractivity contribution >= 4 is 69.8 Å². The van der Waals surface area contributed by atoms with Gasteiger partial charge in [0.2, 0.25) is 0 Å². The van der Waals surface area contributed by atoms with Gasteiger partial charge in [0, 0.05) is 39.1 Å². The fraction of sp³-hybridized carbons (Fsp3) is 0.167. The molecule has 0 spiro atoms. The third-order valence-corrected chi connectivity index (χ3v) is 6.84. The first-order valence-electron chi connectivity index (χ1n) is 7.66. The number of aryl methyl sites for hydroxylation is 1. The zero-order valence-electron chi connectivity index (χ0n) is 13.3. The SMILES string of the molecule is Clc1ccc(C(CCn2ccnc2)Sc2cc(Cl)c(Cl)cc2Cl)c(Cl)c1. The molecule has 2 nitrogen and oxygen atoms in total. The highest BCUT2D eigenvalue weighted by molar-refractivity contribution is 7.99. The number of hydrogen-bond donors (Lipinski definition) is 0. The van der Waals surface area contributed by atoms with Crippen LogP contribution in [0.1, 0.15) is 17.2 Å². The summed E-state index contributed by atoms with van der Waals surface area (Å²) in [6.07, 6.45) is 6.29. The van der Waals surface area contributed by atoms with Crippen molar-refractivity contribution in [1.29, 1.82) is 0 Å². The Labute approximate surface area is 181 Å². The van der Waals surface area contributed by atoms with E-state index in [0.29, 0.717) is 25.1 Å². The number of halogens is 5. The molecule has 26 heavy (non-hydrogen) atoms. The van der Waals surface area contributed by atoms with E-state index in [1.165, 1.54) is 0 Å². The van der Waals surface area contributed by atoms with E-state index < -0.39 is 0 Å². The second kappa shape index (κ2) is 9.09. The Morgan fingerprint density at radius 1 is 0.923 bits per heavy atom. The Morgan fingerprint density at radius 2 is 1.69 bits per heavy atom. The molecule has 0 radical (unpaired) electrons. The molecule has 0 fully saturated rings. The number of benzene rings is 2. The van der Waals surface area contributed by atoms with E-state index in [1.54, 1.807) is 42.5 Å². The van der Waals surface area contributed by atoms with Gasteiger partial charge in [-0.2, -0.15) is 0 Å². The molecule has 0 bridgehead atoms. The molecule has 1 heterocycles. The molecule has 1 unspecified atom stereocenters. The molecule has 0 saturated heterocycles. The van der Waals surface area contributed by atoms with Crippen molar-refractivity contribution in [2.24, 2.45) is 0 Å². The summed E-state index contributed by atoms with van der Waals surface area (Å²) >= 11 is 32.7. The second-order valence-corrected chi connectivity index (χ2v) is 8.87. The minimum atomic E-state index is 0.0527. The van der Waals surface area contributed by atoms with Crippen LogP contribution in [0.4, 0.5) is 0 Å². The Kier molecular flexibility index (Phi) is 7.06. The highest BCUT2D eigenvalue weighted by atomic mass is 35.5. The van der Waals surface area contributed by atoms with E-state index in [4.69, 9.17) is 58.0 Å². The van der Waals surface area contributed by atoms with Crippen molar-refractivity contribution in [3.63, 3.8) is 0 Å². The molecular formula is C18H13Cl5N2S. The third-order valence-electron chi connectivity index (χ3n) is 3.76. The quantitative estimate of drug-likeness (QED) is 0.270. The Bertz CT molecular complexity index is 899. The monoisotopic (exact) mass is 464 g/mol. The van der Waals surface area contributed by atoms with E-state index in [-0.39, 0.29) is 5.25 Å². The zero-order valence-corrected chi connectivity index (χ0v) is 17.9. The van der Waals surface area contributed by atoms with Gasteiger partial charge in [-0.1, -0.05) is 64.1 Å². The first-order chi connectivity index (χ1) is 12.4. The zero-order chi connectivity index (χ0) is 18.7. The highest BCUT2D eigenvalue weighted by Crippen LogP contribution is 2.45. The van der Waals surface area contributed by atoms with Crippen LogP contribution in [0.3, 0.4) is 0 Å². The Hall–Kier alpha value is -0.550. The number of rotatable bonds is 6. The van der Waals surface area contributed by atoms with Crippen LogP contribution in [-0.2, 0) is 6.54 Å². The van der Waals surface area contributed by atoms with Crippen LogP contribution >= 0.6 is 69.8 Å². The molecule has 8 heteroatoms. The first-order valence-corrected chi connectivity index (χ1v) is 10.4. The molecule has 0 saturated carbocycles. The number of hydrogen-bond acceptors (Lipinski definition) is 2. The van der Waals surface area contributed by atoms with Gasteiger partial charge in [-0.05, 0) is 36.2 Å². The Morgan fingerprint density at radius 3 is 2.38 bits per heavy atom. The van der Waals surface area contributed by atoms with Crippen molar-refractivity contribution in [3.8, 4) is 0 Å². The molecule has 3 rings (SSSR count). The maximum Gasteiger partial charge on any atom is 0.0945 e. The van der Waals surface area contributed by atoms with Gasteiger partial charge in [-0.15, -0.1) is 11.8 Å². The molecule has 0 N–H and O–H groups in total. The number of imidazole rings is 1. The maximum atomic E-state index is 6.45. The lowest BCUT2D eigenvalue weighted by atomic mass is 10.1. The summed E-state index contributed by atoms with van der Waals surface area (Å²) in [5.74, 6) is 0. The normalized spacial score (nSPS) is 12.3. The van der Waals surface area contributed by atoms with Gasteiger partial charge < -0.3 is 4.57 Å². The molecule has 0 aliphatic carbocycles. The van der Waals surface area contributed by atoms with Crippen LogP contribution < -0.4 is 0 Å². The van der Waals surface area contributed by atoms with Crippen molar-refractivity contribution in [1.82, 2.24) is 9.55 Å². The van der Waals surface area contributed by atoms with Gasteiger partial charge in [0.15, 0.2) is 0 Å². The Balaban J connectivity index is 1.90. The third kappa shape index (κ3) is 5.03. The molecule has 136 valence electrons. The van der Waals surface area contributed by atoms with Crippen LogP contribution in [0.15, 0.2) is 53.9 Å². The van der Waals surface area contributed by atoms with E-state index >= 15 is 0 Å². The summed E-state index contributed by atoms with van der Waals surface area (Å²) in [5, 5.41) is 2.73. The summed E-state index contributed by atoms with van der Waals surface area (Å²) in [4.78, 5) is 4.93. The van der Waals surface area contributed by atoms with Crippen molar-refractivity contribution < 1.29 is 0 Å². The van der Waals surface area contributed by atoms with Gasteiger partial charge in [-0.3, -0.25) is 0 Å². The van der Waals surface area contributed by atoms with Crippen LogP contribution in [0.5, 0.6) is 0 Å². The van der Waals surface area contributed by atoms with Gasteiger partial charge in [0.25, 0.3) is 0 Å². The molecule has 0 amide bonds.